The molecule has 2 atom stereocenters. The molecule has 1 rings (SSSR count). The van der Waals surface area contributed by atoms with Crippen LogP contribution in [0.15, 0.2) is 30.3 Å². The molecule has 1 aromatic rings. The van der Waals surface area contributed by atoms with Crippen LogP contribution < -0.4 is 0 Å². The molecule has 0 aromatic heterocycles. The van der Waals surface area contributed by atoms with Gasteiger partial charge in [-0.15, -0.1) is 0 Å². The Morgan fingerprint density at radius 3 is 1.55 bits per heavy atom. The van der Waals surface area contributed by atoms with Crippen molar-refractivity contribution in [2.45, 2.75) is 76.2 Å². The summed E-state index contributed by atoms with van der Waals surface area (Å²) in [5.41, 5.74) is 2.51. The van der Waals surface area contributed by atoms with Crippen molar-refractivity contribution < 1.29 is 0 Å². The van der Waals surface area contributed by atoms with Gasteiger partial charge in [-0.1, -0.05) is 95.8 Å². The fourth-order valence-electron chi connectivity index (χ4n) is 3.85. The molecule has 125 valence electrons. The summed E-state index contributed by atoms with van der Waals surface area (Å²) in [7, 11) is -3.93. The van der Waals surface area contributed by atoms with Gasteiger partial charge in [-0.05, 0) is 16.3 Å². The van der Waals surface area contributed by atoms with Crippen LogP contribution in [0.2, 0.25) is 70.6 Å². The van der Waals surface area contributed by atoms with Crippen molar-refractivity contribution in [2.75, 3.05) is 0 Å². The maximum Gasteiger partial charge on any atom is 0.0485 e. The van der Waals surface area contributed by atoms with Gasteiger partial charge in [-0.25, -0.2) is 0 Å². The van der Waals surface area contributed by atoms with Crippen molar-refractivity contribution in [3.05, 3.63) is 35.9 Å². The largest absolute Gasteiger partial charge is 0.0715 e. The lowest BCUT2D eigenvalue weighted by Gasteiger charge is -2.50. The summed E-state index contributed by atoms with van der Waals surface area (Å²) in [6.07, 6.45) is 0. The Balaban J connectivity index is 3.54. The van der Waals surface area contributed by atoms with Crippen molar-refractivity contribution in [2.24, 2.45) is 0 Å². The van der Waals surface area contributed by atoms with E-state index in [0.717, 1.165) is 10.7 Å². The summed E-state index contributed by atoms with van der Waals surface area (Å²) in [4.78, 5) is 0. The lowest BCUT2D eigenvalue weighted by molar-refractivity contribution is 0.925. The summed E-state index contributed by atoms with van der Waals surface area (Å²) in [6.45, 7) is 26.2. The predicted octanol–water partition coefficient (Wildman–Crippen LogP) is 6.44. The van der Waals surface area contributed by atoms with Gasteiger partial charge in [0, 0.05) is 32.1 Å². The first-order valence-electron chi connectivity index (χ1n) is 8.65. The highest BCUT2D eigenvalue weighted by atomic mass is 29.3. The third-order valence-corrected chi connectivity index (χ3v) is 33.1. The lowest BCUT2D eigenvalue weighted by Crippen LogP contribution is -2.61. The van der Waals surface area contributed by atoms with Crippen LogP contribution in [-0.4, -0.2) is 32.1 Å². The Kier molecular flexibility index (Phi) is 6.32. The van der Waals surface area contributed by atoms with Gasteiger partial charge >= 0.3 is 0 Å². The molecular weight excluding hydrogens is 329 g/mol. The highest BCUT2D eigenvalue weighted by Crippen LogP contribution is 2.47. The Bertz CT molecular complexity index is 466. The maximum atomic E-state index is 2.70. The van der Waals surface area contributed by atoms with E-state index in [2.05, 4.69) is 95.8 Å². The molecule has 22 heavy (non-hydrogen) atoms. The molecular formula is C18H37Si4. The average Bonchev–Trinajstić information content (AvgIpc) is 2.33. The van der Waals surface area contributed by atoms with E-state index in [1.807, 2.05) is 0 Å². The SMILES string of the molecule is C[Si](C)C(C(c1ccccc1)[Si](C)(C)[Si](C)(C)C)[Si](C)(C)C. The Morgan fingerprint density at radius 2 is 1.23 bits per heavy atom. The quantitative estimate of drug-likeness (QED) is 0.509. The zero-order valence-corrected chi connectivity index (χ0v) is 20.5. The molecule has 0 bridgehead atoms. The number of rotatable bonds is 6. The number of benzene rings is 1. The highest BCUT2D eigenvalue weighted by Gasteiger charge is 2.50. The van der Waals surface area contributed by atoms with Gasteiger partial charge in [0.25, 0.3) is 0 Å². The smallest absolute Gasteiger partial charge is 0.0485 e. The predicted molar refractivity (Wildman–Crippen MR) is 115 cm³/mol. The van der Waals surface area contributed by atoms with Gasteiger partial charge in [0.15, 0.2) is 0 Å². The zero-order chi connectivity index (χ0) is 17.3. The molecule has 1 aromatic carbocycles. The van der Waals surface area contributed by atoms with Gasteiger partial charge < -0.3 is 0 Å². The van der Waals surface area contributed by atoms with Crippen molar-refractivity contribution in [3.63, 3.8) is 0 Å². The van der Waals surface area contributed by atoms with E-state index in [9.17, 15) is 0 Å². The van der Waals surface area contributed by atoms with Crippen LogP contribution in [0.5, 0.6) is 0 Å². The van der Waals surface area contributed by atoms with Gasteiger partial charge in [-0.2, -0.15) is 0 Å². The molecule has 0 aliphatic carbocycles. The summed E-state index contributed by atoms with van der Waals surface area (Å²) in [5.74, 6) is 0. The molecule has 0 saturated carbocycles. The van der Waals surface area contributed by atoms with E-state index < -0.39 is 23.3 Å². The molecule has 0 heterocycles. The molecule has 0 aliphatic heterocycles. The van der Waals surface area contributed by atoms with Crippen LogP contribution in [0.3, 0.4) is 0 Å². The molecule has 0 saturated heterocycles. The molecule has 0 N–H and O–H groups in total. The van der Waals surface area contributed by atoms with Crippen LogP contribution in [0.25, 0.3) is 0 Å². The van der Waals surface area contributed by atoms with Crippen LogP contribution >= 0.6 is 0 Å². The zero-order valence-electron chi connectivity index (χ0n) is 16.5. The molecule has 0 amide bonds. The summed E-state index contributed by atoms with van der Waals surface area (Å²) in [6, 6.07) is 11.6. The van der Waals surface area contributed by atoms with Gasteiger partial charge in [0.2, 0.25) is 0 Å². The van der Waals surface area contributed by atoms with Crippen LogP contribution in [-0.2, 0) is 0 Å². The van der Waals surface area contributed by atoms with E-state index >= 15 is 0 Å². The van der Waals surface area contributed by atoms with Gasteiger partial charge in [-0.3, -0.25) is 0 Å². The van der Waals surface area contributed by atoms with E-state index in [1.165, 1.54) is 0 Å². The first-order chi connectivity index (χ1) is 9.80. The second-order valence-corrected chi connectivity index (χ2v) is 35.4. The molecule has 0 nitrogen and oxygen atoms in total. The van der Waals surface area contributed by atoms with E-state index in [1.54, 1.807) is 5.56 Å². The summed E-state index contributed by atoms with van der Waals surface area (Å²) in [5, 5.41) is 0.980. The van der Waals surface area contributed by atoms with Gasteiger partial charge in [0.05, 0.1) is 0 Å². The Morgan fingerprint density at radius 1 is 0.773 bits per heavy atom. The molecule has 0 fully saturated rings. The fraction of sp³-hybridized carbons (Fsp3) is 0.667. The second kappa shape index (κ2) is 6.91. The topological polar surface area (TPSA) is 0 Å². The van der Waals surface area contributed by atoms with Crippen molar-refractivity contribution >= 4 is 32.1 Å². The maximum absolute atomic E-state index is 2.70. The first kappa shape index (κ1) is 20.1. The second-order valence-electron chi connectivity index (χ2n) is 9.78. The molecule has 2 unspecified atom stereocenters. The minimum absolute atomic E-state index is 0.299. The summed E-state index contributed by atoms with van der Waals surface area (Å²) >= 11 is 0. The van der Waals surface area contributed by atoms with Crippen LogP contribution in [0.4, 0.5) is 0 Å². The molecule has 1 radical (unpaired) electrons. The van der Waals surface area contributed by atoms with E-state index in [4.69, 9.17) is 0 Å². The van der Waals surface area contributed by atoms with Crippen LogP contribution in [0, 0.1) is 0 Å². The minimum Gasteiger partial charge on any atom is -0.0715 e. The normalized spacial score (nSPS) is 16.7. The van der Waals surface area contributed by atoms with E-state index in [-0.39, 0.29) is 8.80 Å². The monoisotopic (exact) mass is 365 g/mol. The van der Waals surface area contributed by atoms with Crippen molar-refractivity contribution in [1.29, 1.82) is 0 Å². The van der Waals surface area contributed by atoms with Crippen molar-refractivity contribution in [1.82, 2.24) is 0 Å². The molecule has 4 heteroatoms. The Labute approximate surface area is 144 Å². The highest BCUT2D eigenvalue weighted by molar-refractivity contribution is 7.41. The summed E-state index contributed by atoms with van der Waals surface area (Å²) < 4.78 is 0. The first-order valence-corrected chi connectivity index (χ1v) is 22.4. The average molecular weight is 366 g/mol. The van der Waals surface area contributed by atoms with Crippen molar-refractivity contribution in [3.8, 4) is 0 Å². The number of hydrogen-bond donors (Lipinski definition) is 0. The van der Waals surface area contributed by atoms with E-state index in [0.29, 0.717) is 0 Å². The van der Waals surface area contributed by atoms with Gasteiger partial charge in [0.1, 0.15) is 0 Å². The molecule has 0 spiro atoms. The minimum atomic E-state index is -1.31. The van der Waals surface area contributed by atoms with Crippen LogP contribution in [0.1, 0.15) is 11.1 Å². The third-order valence-electron chi connectivity index (χ3n) is 5.76. The lowest BCUT2D eigenvalue weighted by atomic mass is 10.2. The Hall–Kier alpha value is 0.0875. The third kappa shape index (κ3) is 4.34. The molecule has 0 aliphatic rings. The number of hydrogen-bond acceptors (Lipinski definition) is 0. The standard InChI is InChI=1S/C18H37Si4/c1-19(2)18(20(3,4)5)17(16-14-12-11-13-15-16)22(9,10)21(6,7)8/h11-15,17-18H,1-10H3. The fourth-order valence-corrected chi connectivity index (χ4v) is 25.4.